The molecule has 3 saturated carbocycles. The highest BCUT2D eigenvalue weighted by atomic mass is 35.5. The number of alkyl halides is 4. The van der Waals surface area contributed by atoms with Gasteiger partial charge in [0.2, 0.25) is 0 Å². The van der Waals surface area contributed by atoms with Crippen molar-refractivity contribution < 1.29 is 5.11 Å². The van der Waals surface area contributed by atoms with Gasteiger partial charge >= 0.3 is 0 Å². The highest BCUT2D eigenvalue weighted by Crippen LogP contribution is 2.82. The molecule has 7 heteroatoms. The SMILES string of the molecule is O[C@@H]1C[C@@H]2C[C@H]1[C@@H]1[C@@H]2[C@]2(Cl)C(Cl)=C(Cl)[C@]1(Cl)C2(Cl)Cl. The lowest BCUT2D eigenvalue weighted by Gasteiger charge is -2.41. The fourth-order valence-corrected chi connectivity index (χ4v) is 8.16. The molecule has 1 nitrogen and oxygen atoms in total. The molecule has 0 heterocycles. The lowest BCUT2D eigenvalue weighted by Crippen LogP contribution is -2.46. The van der Waals surface area contributed by atoms with E-state index in [1.807, 2.05) is 0 Å². The van der Waals surface area contributed by atoms with Crippen LogP contribution in [0.3, 0.4) is 0 Å². The van der Waals surface area contributed by atoms with Gasteiger partial charge in [-0.1, -0.05) is 46.4 Å². The summed E-state index contributed by atoms with van der Waals surface area (Å²) in [5.74, 6) is 0.150. The molecule has 19 heavy (non-hydrogen) atoms. The van der Waals surface area contributed by atoms with Gasteiger partial charge in [-0.3, -0.25) is 0 Å². The largest absolute Gasteiger partial charge is 0.393 e. The predicted molar refractivity (Wildman–Crippen MR) is 79.5 cm³/mol. The molecule has 0 aromatic carbocycles. The Bertz CT molecular complexity index is 518. The number of allylic oxidation sites excluding steroid dienone is 2. The maximum Gasteiger partial charge on any atom is 0.166 e. The van der Waals surface area contributed by atoms with Crippen LogP contribution in [0.5, 0.6) is 0 Å². The zero-order chi connectivity index (χ0) is 14.0. The van der Waals surface area contributed by atoms with E-state index >= 15 is 0 Å². The molecule has 0 amide bonds. The zero-order valence-electron chi connectivity index (χ0n) is 9.52. The molecule has 0 spiro atoms. The topological polar surface area (TPSA) is 20.2 Å². The molecule has 0 radical (unpaired) electrons. The van der Waals surface area contributed by atoms with Gasteiger partial charge in [-0.15, -0.1) is 23.2 Å². The van der Waals surface area contributed by atoms with E-state index in [9.17, 15) is 5.11 Å². The van der Waals surface area contributed by atoms with E-state index in [0.29, 0.717) is 6.42 Å². The summed E-state index contributed by atoms with van der Waals surface area (Å²) in [6, 6.07) is 0. The van der Waals surface area contributed by atoms with Gasteiger partial charge in [0.15, 0.2) is 4.33 Å². The summed E-state index contributed by atoms with van der Waals surface area (Å²) in [5.41, 5.74) is 0. The van der Waals surface area contributed by atoms with Crippen LogP contribution in [0, 0.1) is 23.7 Å². The first-order valence-electron chi connectivity index (χ1n) is 6.19. The first-order valence-corrected chi connectivity index (χ1v) is 8.45. The van der Waals surface area contributed by atoms with E-state index in [4.69, 9.17) is 69.6 Å². The Kier molecular flexibility index (Phi) is 2.72. The summed E-state index contributed by atoms with van der Waals surface area (Å²) in [6.07, 6.45) is 1.21. The fourth-order valence-electron chi connectivity index (χ4n) is 5.01. The molecule has 1 N–H and O–H groups in total. The fraction of sp³-hybridized carbons (Fsp3) is 0.833. The van der Waals surface area contributed by atoms with E-state index in [0.717, 1.165) is 6.42 Å². The third kappa shape index (κ3) is 1.16. The quantitative estimate of drug-likeness (QED) is 0.484. The van der Waals surface area contributed by atoms with Crippen LogP contribution in [-0.2, 0) is 0 Å². The van der Waals surface area contributed by atoms with Crippen LogP contribution in [0.15, 0.2) is 10.1 Å². The lowest BCUT2D eigenvalue weighted by atomic mass is 9.71. The van der Waals surface area contributed by atoms with Crippen molar-refractivity contribution in [1.29, 1.82) is 0 Å². The van der Waals surface area contributed by atoms with Crippen LogP contribution >= 0.6 is 69.6 Å². The van der Waals surface area contributed by atoms with Gasteiger partial charge in [-0.25, -0.2) is 0 Å². The molecule has 0 saturated heterocycles. The number of hydrogen-bond donors (Lipinski definition) is 1. The number of rotatable bonds is 0. The number of aliphatic hydroxyl groups excluding tert-OH is 1. The molecule has 0 aromatic heterocycles. The van der Waals surface area contributed by atoms with E-state index in [1.165, 1.54) is 0 Å². The van der Waals surface area contributed by atoms with Crippen molar-refractivity contribution in [2.45, 2.75) is 33.0 Å². The Balaban J connectivity index is 1.99. The third-order valence-electron chi connectivity index (χ3n) is 5.63. The summed E-state index contributed by atoms with van der Waals surface area (Å²) >= 11 is 39.2. The first kappa shape index (κ1) is 14.1. The number of hydrogen-bond acceptors (Lipinski definition) is 1. The van der Waals surface area contributed by atoms with Crippen LogP contribution in [0.25, 0.3) is 0 Å². The smallest absolute Gasteiger partial charge is 0.166 e. The van der Waals surface area contributed by atoms with Crippen molar-refractivity contribution >= 4 is 69.6 Å². The number of halogens is 6. The summed E-state index contributed by atoms with van der Waals surface area (Å²) in [5, 5.41) is 10.7. The van der Waals surface area contributed by atoms with Crippen molar-refractivity contribution in [3.05, 3.63) is 10.1 Å². The van der Waals surface area contributed by atoms with Gasteiger partial charge in [0.25, 0.3) is 0 Å². The summed E-state index contributed by atoms with van der Waals surface area (Å²) in [7, 11) is 0. The molecule has 3 fully saturated rings. The van der Waals surface area contributed by atoms with Crippen molar-refractivity contribution in [3.8, 4) is 0 Å². The van der Waals surface area contributed by atoms with Crippen molar-refractivity contribution in [1.82, 2.24) is 0 Å². The maximum atomic E-state index is 10.1. The van der Waals surface area contributed by atoms with Crippen LogP contribution in [0.4, 0.5) is 0 Å². The molecule has 7 atom stereocenters. The van der Waals surface area contributed by atoms with Crippen molar-refractivity contribution in [2.24, 2.45) is 23.7 Å². The Hall–Kier alpha value is 1.44. The Morgan fingerprint density at radius 3 is 2.00 bits per heavy atom. The van der Waals surface area contributed by atoms with E-state index < -0.39 is 14.1 Å². The molecule has 0 aliphatic heterocycles. The minimum Gasteiger partial charge on any atom is -0.393 e. The Labute approximate surface area is 141 Å². The van der Waals surface area contributed by atoms with Crippen molar-refractivity contribution in [2.75, 3.05) is 0 Å². The third-order valence-corrected chi connectivity index (χ3v) is 9.93. The summed E-state index contributed by atoms with van der Waals surface area (Å²) in [4.78, 5) is -2.33. The van der Waals surface area contributed by atoms with Crippen LogP contribution in [0.2, 0.25) is 0 Å². The first-order chi connectivity index (χ1) is 8.69. The molecule has 4 rings (SSSR count). The summed E-state index contributed by atoms with van der Waals surface area (Å²) < 4.78 is -1.45. The highest BCUT2D eigenvalue weighted by molar-refractivity contribution is 6.65. The van der Waals surface area contributed by atoms with Gasteiger partial charge in [0.05, 0.1) is 16.2 Å². The molecule has 0 aromatic rings. The normalized spacial score (nSPS) is 61.1. The predicted octanol–water partition coefficient (Wildman–Crippen LogP) is 4.47. The van der Waals surface area contributed by atoms with Gasteiger partial charge in [-0.2, -0.15) is 0 Å². The summed E-state index contributed by atoms with van der Waals surface area (Å²) in [6.45, 7) is 0. The van der Waals surface area contributed by atoms with E-state index in [1.54, 1.807) is 0 Å². The minimum atomic E-state index is -1.45. The Morgan fingerprint density at radius 1 is 0.895 bits per heavy atom. The second-order valence-corrected chi connectivity index (χ2v) is 9.42. The van der Waals surface area contributed by atoms with Crippen LogP contribution in [0.1, 0.15) is 12.8 Å². The maximum absolute atomic E-state index is 10.1. The monoisotopic (exact) mass is 380 g/mol. The second kappa shape index (κ2) is 3.67. The number of fused-ring (bicyclic) bond motifs is 9. The molecule has 106 valence electrons. The molecular weight excluding hydrogens is 373 g/mol. The number of aliphatic hydroxyl groups is 1. The molecule has 4 aliphatic carbocycles. The van der Waals surface area contributed by atoms with Crippen LogP contribution < -0.4 is 0 Å². The molecule has 0 unspecified atom stereocenters. The lowest BCUT2D eigenvalue weighted by molar-refractivity contribution is 0.0530. The molecular formula is C12H10Cl6O. The highest BCUT2D eigenvalue weighted by Gasteiger charge is 2.86. The average molecular weight is 383 g/mol. The molecule has 4 bridgehead atoms. The minimum absolute atomic E-state index is 0.0231. The van der Waals surface area contributed by atoms with Gasteiger partial charge in [-0.05, 0) is 36.5 Å². The van der Waals surface area contributed by atoms with Gasteiger partial charge < -0.3 is 5.11 Å². The Morgan fingerprint density at radius 2 is 1.42 bits per heavy atom. The van der Waals surface area contributed by atoms with Gasteiger partial charge in [0, 0.05) is 0 Å². The molecule has 4 aliphatic rings. The van der Waals surface area contributed by atoms with Gasteiger partial charge in [0.1, 0.15) is 9.75 Å². The second-order valence-electron chi connectivity index (χ2n) is 6.14. The van der Waals surface area contributed by atoms with E-state index in [2.05, 4.69) is 0 Å². The van der Waals surface area contributed by atoms with Crippen LogP contribution in [-0.4, -0.2) is 25.3 Å². The standard InChI is InChI=1S/C12H10Cl6O/c13-8-9(14)11(16)7-4-1-3(2-5(4)19)6(7)10(8,15)12(11,17)18/h3-7,19H,1-2H2/t3-,4+,5+,6+,7+,10-,11-/m0/s1. The zero-order valence-corrected chi connectivity index (χ0v) is 14.1. The average Bonchev–Trinajstić information content (AvgIpc) is 2.95. The van der Waals surface area contributed by atoms with E-state index in [-0.39, 0.29) is 39.8 Å². The van der Waals surface area contributed by atoms with Crippen molar-refractivity contribution in [3.63, 3.8) is 0 Å².